The molecule has 1 aromatic rings. The van der Waals surface area contributed by atoms with E-state index in [9.17, 15) is 4.39 Å². The van der Waals surface area contributed by atoms with E-state index in [4.69, 9.17) is 4.74 Å². The Labute approximate surface area is 96.2 Å². The molecule has 0 saturated heterocycles. The molecule has 0 amide bonds. The number of nitrogens with one attached hydrogen (secondary N) is 1. The topological polar surface area (TPSA) is 21.3 Å². The van der Waals surface area contributed by atoms with Crippen LogP contribution in [0.15, 0.2) is 18.2 Å². The maximum Gasteiger partial charge on any atom is 0.125 e. The monoisotopic (exact) mass is 233 g/mol. The summed E-state index contributed by atoms with van der Waals surface area (Å²) in [6, 6.07) is 5.09. The van der Waals surface area contributed by atoms with Crippen LogP contribution in [0, 0.1) is 12.7 Å². The highest BCUT2D eigenvalue weighted by Crippen LogP contribution is 2.14. The van der Waals surface area contributed by atoms with Crippen LogP contribution in [-0.4, -0.2) is 19.8 Å². The summed E-state index contributed by atoms with van der Waals surface area (Å²) in [7, 11) is 1.65. The summed E-state index contributed by atoms with van der Waals surface area (Å²) < 4.78 is 18.0. The van der Waals surface area contributed by atoms with Crippen molar-refractivity contribution in [2.24, 2.45) is 0 Å². The number of anilines is 1. The molecule has 4 heteroatoms. The third kappa shape index (κ3) is 5.00. The second kappa shape index (κ2) is 6.64. The van der Waals surface area contributed by atoms with Crippen molar-refractivity contribution in [2.45, 2.75) is 19.9 Å². The molecule has 0 aliphatic heterocycles. The first-order chi connectivity index (χ1) is 6.61. The van der Waals surface area contributed by atoms with Crippen LogP contribution in [0.25, 0.3) is 0 Å². The van der Waals surface area contributed by atoms with Gasteiger partial charge in [-0.2, -0.15) is 0 Å². The largest absolute Gasteiger partial charge is 0.383 e. The number of rotatable bonds is 4. The van der Waals surface area contributed by atoms with Gasteiger partial charge in [-0.1, -0.05) is 0 Å². The van der Waals surface area contributed by atoms with E-state index in [1.807, 2.05) is 19.9 Å². The Bertz CT molecular complexity index is 286. The van der Waals surface area contributed by atoms with E-state index in [-0.39, 0.29) is 24.3 Å². The first-order valence-electron chi connectivity index (χ1n) is 4.64. The van der Waals surface area contributed by atoms with Gasteiger partial charge >= 0.3 is 0 Å². The molecule has 0 aliphatic rings. The number of halogens is 2. The summed E-state index contributed by atoms with van der Waals surface area (Å²) in [5.74, 6) is -0.211. The van der Waals surface area contributed by atoms with Crippen LogP contribution < -0.4 is 5.32 Å². The predicted molar refractivity (Wildman–Crippen MR) is 63.3 cm³/mol. The summed E-state index contributed by atoms with van der Waals surface area (Å²) in [5.41, 5.74) is 1.71. The molecule has 1 N–H and O–H groups in total. The van der Waals surface area contributed by atoms with Crippen molar-refractivity contribution in [1.82, 2.24) is 0 Å². The third-order valence-electron chi connectivity index (χ3n) is 1.87. The van der Waals surface area contributed by atoms with Crippen molar-refractivity contribution < 1.29 is 9.13 Å². The molecule has 1 atom stereocenters. The molecule has 0 aromatic heterocycles. The number of benzene rings is 1. The van der Waals surface area contributed by atoms with Gasteiger partial charge in [0.2, 0.25) is 0 Å². The number of methoxy groups -OCH3 is 1. The molecule has 15 heavy (non-hydrogen) atoms. The third-order valence-corrected chi connectivity index (χ3v) is 1.87. The summed E-state index contributed by atoms with van der Waals surface area (Å²) in [6.45, 7) is 4.47. The van der Waals surface area contributed by atoms with Gasteiger partial charge in [-0.25, -0.2) is 4.39 Å². The Hall–Kier alpha value is -0.800. The fraction of sp³-hybridized carbons (Fsp3) is 0.455. The van der Waals surface area contributed by atoms with Crippen LogP contribution in [0.3, 0.4) is 0 Å². The highest BCUT2D eigenvalue weighted by molar-refractivity contribution is 5.85. The SMILES string of the molecule is COCC(C)Nc1cc(C)cc(F)c1.Cl. The summed E-state index contributed by atoms with van der Waals surface area (Å²) in [5, 5.41) is 3.16. The van der Waals surface area contributed by atoms with Gasteiger partial charge in [0.15, 0.2) is 0 Å². The number of hydrogen-bond donors (Lipinski definition) is 1. The highest BCUT2D eigenvalue weighted by Gasteiger charge is 2.02. The van der Waals surface area contributed by atoms with E-state index in [1.54, 1.807) is 7.11 Å². The Morgan fingerprint density at radius 3 is 2.60 bits per heavy atom. The first-order valence-corrected chi connectivity index (χ1v) is 4.64. The second-order valence-corrected chi connectivity index (χ2v) is 3.52. The minimum absolute atomic E-state index is 0. The summed E-state index contributed by atoms with van der Waals surface area (Å²) >= 11 is 0. The van der Waals surface area contributed by atoms with Crippen molar-refractivity contribution in [2.75, 3.05) is 19.0 Å². The average molecular weight is 234 g/mol. The van der Waals surface area contributed by atoms with Gasteiger partial charge in [0.25, 0.3) is 0 Å². The van der Waals surface area contributed by atoms with Gasteiger partial charge in [0.05, 0.1) is 6.61 Å². The van der Waals surface area contributed by atoms with E-state index >= 15 is 0 Å². The van der Waals surface area contributed by atoms with Crippen LogP contribution in [0.2, 0.25) is 0 Å². The van der Waals surface area contributed by atoms with Crippen LogP contribution in [0.4, 0.5) is 10.1 Å². The number of hydrogen-bond acceptors (Lipinski definition) is 2. The molecule has 0 aliphatic carbocycles. The normalized spacial score (nSPS) is 11.7. The molecule has 0 saturated carbocycles. The van der Waals surface area contributed by atoms with Crippen molar-refractivity contribution in [3.8, 4) is 0 Å². The van der Waals surface area contributed by atoms with Gasteiger partial charge < -0.3 is 10.1 Å². The standard InChI is InChI=1S/C11H16FNO.ClH/c1-8-4-10(12)6-11(5-8)13-9(2)7-14-3;/h4-6,9,13H,7H2,1-3H3;1H. The van der Waals surface area contributed by atoms with Gasteiger partial charge in [-0.05, 0) is 37.6 Å². The van der Waals surface area contributed by atoms with E-state index in [2.05, 4.69) is 5.32 Å². The summed E-state index contributed by atoms with van der Waals surface area (Å²) in [4.78, 5) is 0. The van der Waals surface area contributed by atoms with E-state index in [0.29, 0.717) is 6.61 Å². The number of aryl methyl sites for hydroxylation is 1. The Morgan fingerprint density at radius 2 is 2.07 bits per heavy atom. The molecule has 2 nitrogen and oxygen atoms in total. The van der Waals surface area contributed by atoms with Gasteiger partial charge in [-0.15, -0.1) is 12.4 Å². The van der Waals surface area contributed by atoms with Gasteiger partial charge in [0.1, 0.15) is 5.82 Å². The first kappa shape index (κ1) is 14.2. The van der Waals surface area contributed by atoms with E-state index < -0.39 is 0 Å². The van der Waals surface area contributed by atoms with E-state index in [1.165, 1.54) is 12.1 Å². The maximum atomic E-state index is 13.0. The minimum Gasteiger partial charge on any atom is -0.383 e. The molecule has 0 spiro atoms. The Kier molecular flexibility index (Phi) is 6.29. The van der Waals surface area contributed by atoms with Gasteiger partial charge in [-0.3, -0.25) is 0 Å². The fourth-order valence-corrected chi connectivity index (χ4v) is 1.40. The average Bonchev–Trinajstić information content (AvgIpc) is 2.01. The molecule has 0 radical (unpaired) electrons. The molecular formula is C11H17ClFNO. The smallest absolute Gasteiger partial charge is 0.125 e. The quantitative estimate of drug-likeness (QED) is 0.863. The second-order valence-electron chi connectivity index (χ2n) is 3.52. The van der Waals surface area contributed by atoms with Crippen LogP contribution in [0.5, 0.6) is 0 Å². The lowest BCUT2D eigenvalue weighted by atomic mass is 10.2. The van der Waals surface area contributed by atoms with Gasteiger partial charge in [0, 0.05) is 18.8 Å². The maximum absolute atomic E-state index is 13.0. The molecule has 1 rings (SSSR count). The molecule has 1 aromatic carbocycles. The molecule has 0 bridgehead atoms. The zero-order chi connectivity index (χ0) is 10.6. The van der Waals surface area contributed by atoms with Crippen LogP contribution in [-0.2, 0) is 4.74 Å². The molecule has 86 valence electrons. The van der Waals surface area contributed by atoms with Crippen molar-refractivity contribution in [1.29, 1.82) is 0 Å². The zero-order valence-electron chi connectivity index (χ0n) is 9.21. The Balaban J connectivity index is 0.00000196. The zero-order valence-corrected chi connectivity index (χ0v) is 10.0. The molecule has 0 heterocycles. The van der Waals surface area contributed by atoms with Crippen LogP contribution >= 0.6 is 12.4 Å². The molecule has 0 fully saturated rings. The highest BCUT2D eigenvalue weighted by atomic mass is 35.5. The van der Waals surface area contributed by atoms with Crippen molar-refractivity contribution in [3.63, 3.8) is 0 Å². The Morgan fingerprint density at radius 1 is 1.40 bits per heavy atom. The number of ether oxygens (including phenoxy) is 1. The fourth-order valence-electron chi connectivity index (χ4n) is 1.40. The molecule has 1 unspecified atom stereocenters. The lowest BCUT2D eigenvalue weighted by Crippen LogP contribution is -2.20. The van der Waals surface area contributed by atoms with E-state index in [0.717, 1.165) is 11.3 Å². The lowest BCUT2D eigenvalue weighted by molar-refractivity contribution is 0.190. The lowest BCUT2D eigenvalue weighted by Gasteiger charge is -2.14. The predicted octanol–water partition coefficient (Wildman–Crippen LogP) is 3.00. The summed E-state index contributed by atoms with van der Waals surface area (Å²) in [6.07, 6.45) is 0. The molecular weight excluding hydrogens is 217 g/mol. The van der Waals surface area contributed by atoms with Crippen molar-refractivity contribution in [3.05, 3.63) is 29.6 Å². The van der Waals surface area contributed by atoms with Crippen LogP contribution in [0.1, 0.15) is 12.5 Å². The van der Waals surface area contributed by atoms with Crippen molar-refractivity contribution >= 4 is 18.1 Å². The minimum atomic E-state index is -0.211.